The van der Waals surface area contributed by atoms with E-state index in [1.807, 2.05) is 0 Å². The third kappa shape index (κ3) is 2.07. The third-order valence-corrected chi connectivity index (χ3v) is 3.90. The van der Waals surface area contributed by atoms with Gasteiger partial charge >= 0.3 is 0 Å². The van der Waals surface area contributed by atoms with Gasteiger partial charge in [-0.1, -0.05) is 20.8 Å². The second kappa shape index (κ2) is 3.27. The maximum Gasteiger partial charge on any atom is 0.00959 e. The van der Waals surface area contributed by atoms with Gasteiger partial charge in [-0.05, 0) is 37.0 Å². The van der Waals surface area contributed by atoms with Gasteiger partial charge in [0.15, 0.2) is 0 Å². The first-order chi connectivity index (χ1) is 6.13. The minimum atomic E-state index is 0.706. The monoisotopic (exact) mass is 181 g/mol. The van der Waals surface area contributed by atoms with E-state index in [0.717, 1.165) is 12.0 Å². The second-order valence-electron chi connectivity index (χ2n) is 5.64. The van der Waals surface area contributed by atoms with Crippen molar-refractivity contribution in [3.05, 3.63) is 0 Å². The molecule has 1 nitrogen and oxygen atoms in total. The lowest BCUT2D eigenvalue weighted by molar-refractivity contribution is 0.205. The average molecular weight is 181 g/mol. The molecule has 2 aliphatic rings. The molecule has 0 amide bonds. The maximum absolute atomic E-state index is 2.75. The van der Waals surface area contributed by atoms with Gasteiger partial charge in [-0.25, -0.2) is 0 Å². The van der Waals surface area contributed by atoms with Gasteiger partial charge in [-0.15, -0.1) is 0 Å². The fourth-order valence-corrected chi connectivity index (χ4v) is 2.72. The Morgan fingerprint density at radius 3 is 2.62 bits per heavy atom. The fourth-order valence-electron chi connectivity index (χ4n) is 2.72. The molecule has 2 unspecified atom stereocenters. The van der Waals surface area contributed by atoms with Crippen LogP contribution in [0, 0.1) is 11.3 Å². The highest BCUT2D eigenvalue weighted by Gasteiger charge is 2.41. The van der Waals surface area contributed by atoms with Crippen LogP contribution in [0.4, 0.5) is 0 Å². The first-order valence-corrected chi connectivity index (χ1v) is 5.87. The Labute approximate surface area is 82.5 Å². The predicted octanol–water partition coefficient (Wildman–Crippen LogP) is 2.91. The number of nitrogens with zero attached hydrogens (tertiary/aromatic N) is 1. The molecule has 76 valence electrons. The molecule has 0 radical (unpaired) electrons. The Morgan fingerprint density at radius 2 is 2.08 bits per heavy atom. The Kier molecular flexibility index (Phi) is 2.39. The third-order valence-electron chi connectivity index (χ3n) is 3.90. The standard InChI is InChI=1S/C12H23N/c1-4-11-7-10(2)8-13(11)9-12(3)5-6-12/h10-11H,4-9H2,1-3H3. The van der Waals surface area contributed by atoms with Crippen LogP contribution < -0.4 is 0 Å². The number of hydrogen-bond acceptors (Lipinski definition) is 1. The zero-order valence-electron chi connectivity index (χ0n) is 9.34. The SMILES string of the molecule is CCC1CC(C)CN1CC1(C)CC1. The molecule has 1 aliphatic heterocycles. The summed E-state index contributed by atoms with van der Waals surface area (Å²) in [5.41, 5.74) is 0.706. The number of hydrogen-bond donors (Lipinski definition) is 0. The summed E-state index contributed by atoms with van der Waals surface area (Å²) in [5.74, 6) is 0.937. The van der Waals surface area contributed by atoms with Crippen LogP contribution in [-0.2, 0) is 0 Å². The van der Waals surface area contributed by atoms with Gasteiger partial charge in [0.05, 0.1) is 0 Å². The molecule has 1 saturated carbocycles. The van der Waals surface area contributed by atoms with Crippen molar-refractivity contribution in [1.82, 2.24) is 4.90 Å². The highest BCUT2D eigenvalue weighted by atomic mass is 15.2. The van der Waals surface area contributed by atoms with Crippen LogP contribution in [0.25, 0.3) is 0 Å². The quantitative estimate of drug-likeness (QED) is 0.647. The molecule has 2 fully saturated rings. The van der Waals surface area contributed by atoms with Gasteiger partial charge < -0.3 is 0 Å². The van der Waals surface area contributed by atoms with Crippen LogP contribution in [0.1, 0.15) is 46.5 Å². The minimum absolute atomic E-state index is 0.706. The van der Waals surface area contributed by atoms with E-state index in [1.165, 1.54) is 38.8 Å². The van der Waals surface area contributed by atoms with Crippen molar-refractivity contribution >= 4 is 0 Å². The number of rotatable bonds is 3. The van der Waals surface area contributed by atoms with Crippen molar-refractivity contribution in [3.8, 4) is 0 Å². The molecule has 1 heterocycles. The van der Waals surface area contributed by atoms with Crippen LogP contribution in [-0.4, -0.2) is 24.0 Å². The van der Waals surface area contributed by atoms with E-state index in [-0.39, 0.29) is 0 Å². The molecule has 0 N–H and O–H groups in total. The first-order valence-electron chi connectivity index (χ1n) is 5.87. The van der Waals surface area contributed by atoms with Crippen molar-refractivity contribution < 1.29 is 0 Å². The Bertz CT molecular complexity index is 184. The van der Waals surface area contributed by atoms with E-state index < -0.39 is 0 Å². The smallest absolute Gasteiger partial charge is 0.00959 e. The second-order valence-corrected chi connectivity index (χ2v) is 5.64. The molecule has 0 spiro atoms. The topological polar surface area (TPSA) is 3.24 Å². The van der Waals surface area contributed by atoms with Gasteiger partial charge in [-0.3, -0.25) is 4.90 Å². The number of likely N-dealkylation sites (tertiary alicyclic amines) is 1. The maximum atomic E-state index is 2.75. The lowest BCUT2D eigenvalue weighted by atomic mass is 10.1. The molecule has 1 heteroatoms. The van der Waals surface area contributed by atoms with Crippen LogP contribution in [0.5, 0.6) is 0 Å². The van der Waals surface area contributed by atoms with Gasteiger partial charge in [0.25, 0.3) is 0 Å². The summed E-state index contributed by atoms with van der Waals surface area (Å²) in [6, 6.07) is 0.896. The molecule has 13 heavy (non-hydrogen) atoms. The summed E-state index contributed by atoms with van der Waals surface area (Å²) in [7, 11) is 0. The van der Waals surface area contributed by atoms with Crippen LogP contribution in [0.2, 0.25) is 0 Å². The van der Waals surface area contributed by atoms with Crippen molar-refractivity contribution in [2.45, 2.75) is 52.5 Å². The first kappa shape index (κ1) is 9.51. The van der Waals surface area contributed by atoms with Gasteiger partial charge in [-0.2, -0.15) is 0 Å². The molecule has 1 aliphatic carbocycles. The normalized spacial score (nSPS) is 38.1. The Balaban J connectivity index is 1.89. The zero-order chi connectivity index (χ0) is 9.47. The molecule has 1 saturated heterocycles. The molecule has 2 rings (SSSR count). The summed E-state index contributed by atoms with van der Waals surface area (Å²) in [5, 5.41) is 0. The van der Waals surface area contributed by atoms with Crippen LogP contribution in [0.15, 0.2) is 0 Å². The lowest BCUT2D eigenvalue weighted by Gasteiger charge is -2.26. The molecule has 2 atom stereocenters. The fraction of sp³-hybridized carbons (Fsp3) is 1.00. The van der Waals surface area contributed by atoms with Crippen molar-refractivity contribution in [1.29, 1.82) is 0 Å². The molecule has 0 bridgehead atoms. The summed E-state index contributed by atoms with van der Waals surface area (Å²) in [6.45, 7) is 9.91. The molecule has 0 aromatic carbocycles. The summed E-state index contributed by atoms with van der Waals surface area (Å²) < 4.78 is 0. The van der Waals surface area contributed by atoms with E-state index in [4.69, 9.17) is 0 Å². The molecule has 0 aromatic heterocycles. The van der Waals surface area contributed by atoms with Crippen LogP contribution >= 0.6 is 0 Å². The Morgan fingerprint density at radius 1 is 1.38 bits per heavy atom. The highest BCUT2D eigenvalue weighted by molar-refractivity contribution is 4.94. The molecular weight excluding hydrogens is 158 g/mol. The van der Waals surface area contributed by atoms with Crippen molar-refractivity contribution in [2.75, 3.05) is 13.1 Å². The summed E-state index contributed by atoms with van der Waals surface area (Å²) >= 11 is 0. The summed E-state index contributed by atoms with van der Waals surface area (Å²) in [6.07, 6.45) is 5.72. The predicted molar refractivity (Wildman–Crippen MR) is 56.8 cm³/mol. The van der Waals surface area contributed by atoms with E-state index in [1.54, 1.807) is 0 Å². The largest absolute Gasteiger partial charge is 0.300 e. The minimum Gasteiger partial charge on any atom is -0.300 e. The van der Waals surface area contributed by atoms with Crippen molar-refractivity contribution in [2.24, 2.45) is 11.3 Å². The van der Waals surface area contributed by atoms with Crippen LogP contribution in [0.3, 0.4) is 0 Å². The van der Waals surface area contributed by atoms with E-state index in [0.29, 0.717) is 5.41 Å². The Hall–Kier alpha value is -0.0400. The van der Waals surface area contributed by atoms with E-state index in [2.05, 4.69) is 25.7 Å². The zero-order valence-corrected chi connectivity index (χ0v) is 9.34. The average Bonchev–Trinajstić information content (AvgIpc) is 2.67. The van der Waals surface area contributed by atoms with E-state index >= 15 is 0 Å². The van der Waals surface area contributed by atoms with Gasteiger partial charge in [0.2, 0.25) is 0 Å². The lowest BCUT2D eigenvalue weighted by Crippen LogP contribution is -2.33. The molecule has 0 aromatic rings. The van der Waals surface area contributed by atoms with Crippen molar-refractivity contribution in [3.63, 3.8) is 0 Å². The summed E-state index contributed by atoms with van der Waals surface area (Å²) in [4.78, 5) is 2.75. The van der Waals surface area contributed by atoms with Gasteiger partial charge in [0, 0.05) is 19.1 Å². The van der Waals surface area contributed by atoms with E-state index in [9.17, 15) is 0 Å². The highest BCUT2D eigenvalue weighted by Crippen LogP contribution is 2.46. The van der Waals surface area contributed by atoms with Gasteiger partial charge in [0.1, 0.15) is 0 Å². The molecular formula is C12H23N.